The number of aliphatic hydroxyl groups excluding tert-OH is 6. The van der Waals surface area contributed by atoms with Crippen LogP contribution in [0.15, 0.2) is 102 Å². The van der Waals surface area contributed by atoms with Crippen molar-refractivity contribution in [2.75, 3.05) is 46.9 Å². The Bertz CT molecular complexity index is 5130. The number of rotatable bonds is 34. The third-order valence-electron chi connectivity index (χ3n) is 22.6. The molecule has 6 aliphatic rings. The van der Waals surface area contributed by atoms with Crippen molar-refractivity contribution in [1.82, 2.24) is 52.6 Å². The number of nitrogens with two attached hydrogens (primary N) is 2. The van der Waals surface area contributed by atoms with E-state index in [9.17, 15) is 78.3 Å². The predicted molar refractivity (Wildman–Crippen MR) is 460 cm³/mol. The highest BCUT2D eigenvalue weighted by molar-refractivity contribution is 7.89. The van der Waals surface area contributed by atoms with Gasteiger partial charge in [0.2, 0.25) is 63.4 Å². The van der Waals surface area contributed by atoms with Gasteiger partial charge < -0.3 is 143 Å². The first-order chi connectivity index (χ1) is 60.8. The monoisotopic (exact) mass is 1820 g/mol. The van der Waals surface area contributed by atoms with Gasteiger partial charge in [-0.3, -0.25) is 38.4 Å². The Morgan fingerprint density at radius 3 is 2.02 bits per heavy atom. The molecule has 6 aliphatic heterocycles. The zero-order valence-corrected chi connectivity index (χ0v) is 73.5. The molecular weight excluding hydrogens is 1710 g/mol. The number of amides is 7. The smallest absolute Gasteiger partial charge is 0.325 e. The number of primary amides is 1. The molecule has 39 nitrogen and oxygen atoms in total. The fourth-order valence-corrected chi connectivity index (χ4v) is 16.9. The zero-order valence-electron chi connectivity index (χ0n) is 71.9. The second-order valence-electron chi connectivity index (χ2n) is 32.5. The van der Waals surface area contributed by atoms with E-state index in [2.05, 4.69) is 59.5 Å². The SMILES string of the molecule is CCCCCOc1ccc(S(=O)(=O)NCCCCNCc2c(O)cc([C@H](NC)C(=O)O)c(-c3cc([C@H]4NC(=O)[C@@H]5NC(=O)[C@H](CC(N)=O)NC(=O)[C@H](NC(=O)[C@@H](CC(C)C)NC)[C@H](O)c6ccc(c(C)c6)Oc6cc5cc(c6O[C@@H]5O[C@H](CO)[C@@H](O)[C@H](O)[C@H]5O[C@H]5C[C@](C)(NC(=O)CN)[C@H](O)[C@H](C)O5)Oc5ccc(cc5Cl)[C@@H](O)[C@@H](C=O)NC4=O)ccc3O)c2C)cc1. The number of aldehydes is 1. The Balaban J connectivity index is 1.13. The minimum Gasteiger partial charge on any atom is -0.508 e. The number of phenolic OH excluding ortho intramolecular Hbond substituents is 2. The van der Waals surface area contributed by atoms with E-state index in [1.165, 1.54) is 90.3 Å². The van der Waals surface area contributed by atoms with Crippen LogP contribution >= 0.6 is 11.6 Å². The van der Waals surface area contributed by atoms with Gasteiger partial charge in [0.05, 0.1) is 53.8 Å². The number of hydrogen-bond donors (Lipinski definition) is 21. The number of benzene rings is 6. The number of halogens is 1. The van der Waals surface area contributed by atoms with Crippen molar-refractivity contribution in [2.45, 2.75) is 221 Å². The maximum atomic E-state index is 16.5. The van der Waals surface area contributed by atoms with E-state index in [4.69, 9.17) is 56.2 Å². The van der Waals surface area contributed by atoms with Crippen molar-refractivity contribution in [3.05, 3.63) is 147 Å². The molecule has 0 aliphatic carbocycles. The number of aryl methyl sites for hydroxylation is 1. The lowest BCUT2D eigenvalue weighted by Gasteiger charge is -2.48. The molecule has 6 aromatic rings. The Morgan fingerprint density at radius 2 is 1.39 bits per heavy atom. The molecule has 6 heterocycles. The Kier molecular flexibility index (Phi) is 34.2. The van der Waals surface area contributed by atoms with Crippen LogP contribution in [0.2, 0.25) is 5.02 Å². The number of nitrogens with one attached hydrogen (secondary N) is 10. The molecule has 18 atom stereocenters. The molecule has 6 aromatic carbocycles. The third-order valence-corrected chi connectivity index (χ3v) is 24.4. The Hall–Kier alpha value is -10.8. The summed E-state index contributed by atoms with van der Waals surface area (Å²) in [5, 5.41) is 129. The Morgan fingerprint density at radius 1 is 0.742 bits per heavy atom. The summed E-state index contributed by atoms with van der Waals surface area (Å²) >= 11 is 7.11. The molecule has 41 heteroatoms. The van der Waals surface area contributed by atoms with Crippen LogP contribution in [0.3, 0.4) is 0 Å². The van der Waals surface area contributed by atoms with Gasteiger partial charge in [0, 0.05) is 30.6 Å². The molecule has 2 saturated heterocycles. The molecule has 0 spiro atoms. The summed E-state index contributed by atoms with van der Waals surface area (Å²) in [5.74, 6) is -12.6. The number of unbranched alkanes of at least 4 members (excludes halogenated alkanes) is 3. The van der Waals surface area contributed by atoms with Gasteiger partial charge in [0.25, 0.3) is 0 Å². The summed E-state index contributed by atoms with van der Waals surface area (Å²) in [5.41, 5.74) is 8.98. The summed E-state index contributed by atoms with van der Waals surface area (Å²) in [6, 6.07) is 6.86. The highest BCUT2D eigenvalue weighted by Gasteiger charge is 2.53. The van der Waals surface area contributed by atoms with Crippen molar-refractivity contribution in [3.63, 3.8) is 0 Å². The van der Waals surface area contributed by atoms with Gasteiger partial charge in [-0.25, -0.2) is 13.1 Å². The number of carboxylic acids is 1. The van der Waals surface area contributed by atoms with E-state index in [-0.39, 0.29) is 116 Å². The number of carbonyl (C=O) groups is 9. The number of fused-ring (bicyclic) bond motifs is 16. The number of sulfonamides is 1. The van der Waals surface area contributed by atoms with E-state index >= 15 is 19.2 Å². The fourth-order valence-electron chi connectivity index (χ4n) is 15.6. The van der Waals surface area contributed by atoms with Crippen LogP contribution in [-0.4, -0.2) is 234 Å². The second-order valence-corrected chi connectivity index (χ2v) is 34.7. The number of aliphatic carboxylic acids is 1. The molecule has 696 valence electrons. The van der Waals surface area contributed by atoms with E-state index in [0.717, 1.165) is 55.7 Å². The summed E-state index contributed by atoms with van der Waals surface area (Å²) in [6.07, 6.45) is -15.4. The van der Waals surface area contributed by atoms with Crippen molar-refractivity contribution >= 4 is 75.2 Å². The minimum absolute atomic E-state index is 0.0310. The number of aliphatic hydroxyl groups is 6. The maximum Gasteiger partial charge on any atom is 0.325 e. The standard InChI is InChI=1S/C87H113ClN12O27S/c1-10-11-14-27-121-49-18-20-50(21-19-49)128(119,120)94-26-13-12-25-93-38-53-43(5)68(52(34-59(53)104)71(92-9)85(117)118)51-30-45(15-22-58(51)103)69-82(114)96-57(39-101)73(107)47-17-24-61(54(88)31-47)124-63-33-48-32-62(77(63)127-86-78(76(110)75(109)64(40-102)125-86)126-67-36-87(7,100-66(106)37-89)79(111)44(6)122-67)123-60-23-16-46(29-42(60)4)74(108)72(99-80(112)55(91-8)28-41(2)3)84(116)95-56(35-65(90)105)81(113)97-70(48)83(115)98-69/h15-24,29-34,39,41,44,55-57,64,67,69-76,78-79,86,91-94,102-104,107-111H,10-14,25-28,35-38,40,89H2,1-9H3,(H2,90,105)(H,95,116)(H,96,114)(H,97,113)(H,98,115)(H,99,112)(H,100,106)(H,117,118)/t44-,55+,56-,57+,64+,67-,69+,70+,71-,72+,73+,74+,75+,76-,78+,79+,86-,87-/m0/s1. The topological polar surface area (TPSA) is 607 Å². The molecule has 0 unspecified atom stereocenters. The zero-order chi connectivity index (χ0) is 93.5. The second kappa shape index (κ2) is 44.0. The van der Waals surface area contributed by atoms with Gasteiger partial charge in [-0.1, -0.05) is 63.4 Å². The molecular formula is C87H113ClN12O27S. The summed E-state index contributed by atoms with van der Waals surface area (Å²) in [4.78, 5) is 130. The normalized spacial score (nSPS) is 25.0. The molecule has 12 rings (SSSR count). The Labute approximate surface area is 743 Å². The average molecular weight is 1830 g/mol. The van der Waals surface area contributed by atoms with Gasteiger partial charge in [-0.15, -0.1) is 0 Å². The van der Waals surface area contributed by atoms with Crippen LogP contribution in [-0.2, 0) is 73.9 Å². The number of hydrogen-bond acceptors (Lipinski definition) is 30. The number of carbonyl (C=O) groups excluding carboxylic acids is 8. The van der Waals surface area contributed by atoms with Crippen LogP contribution in [0.5, 0.6) is 46.0 Å². The fraction of sp³-hybridized carbons (Fsp3) is 0.483. The van der Waals surface area contributed by atoms with Crippen molar-refractivity contribution in [2.24, 2.45) is 17.4 Å². The molecule has 0 saturated carbocycles. The molecule has 0 aromatic heterocycles. The number of likely N-dealkylation sites (N-methyl/N-ethyl adjacent to an activating group) is 2. The highest BCUT2D eigenvalue weighted by Crippen LogP contribution is 2.50. The van der Waals surface area contributed by atoms with Gasteiger partial charge in [-0.05, 0) is 203 Å². The number of aromatic hydroxyl groups is 2. The molecule has 0 radical (unpaired) electrons. The van der Waals surface area contributed by atoms with Crippen molar-refractivity contribution < 1.29 is 131 Å². The molecule has 23 N–H and O–H groups in total. The molecule has 7 amide bonds. The van der Waals surface area contributed by atoms with Gasteiger partial charge in [0.1, 0.15) is 108 Å². The molecule has 128 heavy (non-hydrogen) atoms. The minimum atomic E-state index is -3.92. The summed E-state index contributed by atoms with van der Waals surface area (Å²) in [7, 11) is -1.13. The van der Waals surface area contributed by atoms with Gasteiger partial charge in [-0.2, -0.15) is 0 Å². The van der Waals surface area contributed by atoms with Crippen LogP contribution in [0.1, 0.15) is 161 Å². The first-order valence-corrected chi connectivity index (χ1v) is 43.7. The van der Waals surface area contributed by atoms with Crippen molar-refractivity contribution in [3.8, 4) is 57.1 Å². The van der Waals surface area contributed by atoms with E-state index in [1.54, 1.807) is 12.1 Å². The maximum absolute atomic E-state index is 16.5. The third kappa shape index (κ3) is 23.8. The van der Waals surface area contributed by atoms with E-state index in [1.807, 2.05) is 13.8 Å². The van der Waals surface area contributed by atoms with Crippen LogP contribution in [0, 0.1) is 19.8 Å². The average Bonchev–Trinajstić information content (AvgIpc) is 0.758. The van der Waals surface area contributed by atoms with Crippen LogP contribution in [0.25, 0.3) is 11.1 Å². The summed E-state index contributed by atoms with van der Waals surface area (Å²) in [6.45, 7) is 10.8. The lowest BCUT2D eigenvalue weighted by molar-refractivity contribution is -0.334. The first kappa shape index (κ1) is 99.4. The van der Waals surface area contributed by atoms with Gasteiger partial charge >= 0.3 is 5.97 Å². The predicted octanol–water partition coefficient (Wildman–Crippen LogP) is 2.19. The lowest BCUT2D eigenvalue weighted by atomic mass is 9.85. The van der Waals surface area contributed by atoms with Crippen molar-refractivity contribution in [1.29, 1.82) is 0 Å². The first-order valence-electron chi connectivity index (χ1n) is 41.8. The number of phenols is 2. The van der Waals surface area contributed by atoms with E-state index in [0.29, 0.717) is 25.2 Å². The number of ether oxygens (including phenoxy) is 7. The largest absolute Gasteiger partial charge is 0.508 e. The summed E-state index contributed by atoms with van der Waals surface area (Å²) < 4.78 is 74.1. The quantitative estimate of drug-likeness (QED) is 0.0203. The van der Waals surface area contributed by atoms with E-state index < -0.39 is 220 Å². The molecule has 2 fully saturated rings. The van der Waals surface area contributed by atoms with Crippen LogP contribution in [0.4, 0.5) is 0 Å². The molecule has 7 bridgehead atoms. The van der Waals surface area contributed by atoms with Gasteiger partial charge in [0.15, 0.2) is 23.9 Å². The highest BCUT2D eigenvalue weighted by atomic mass is 35.5. The van der Waals surface area contributed by atoms with Crippen LogP contribution < -0.4 is 83.0 Å². The number of carboxylic acid groups (broad SMARTS) is 1. The lowest BCUT2D eigenvalue weighted by Crippen LogP contribution is -2.66.